The lowest BCUT2D eigenvalue weighted by Gasteiger charge is -2.29. The second-order valence-electron chi connectivity index (χ2n) is 4.47. The zero-order chi connectivity index (χ0) is 11.8. The van der Waals surface area contributed by atoms with E-state index in [9.17, 15) is 4.39 Å². The lowest BCUT2D eigenvalue weighted by atomic mass is 10.2. The van der Waals surface area contributed by atoms with Crippen LogP contribution in [0.5, 0.6) is 0 Å². The van der Waals surface area contributed by atoms with Gasteiger partial charge in [-0.05, 0) is 12.5 Å². The highest BCUT2D eigenvalue weighted by Crippen LogP contribution is 2.29. The number of halogens is 1. The number of pyridine rings is 1. The first-order valence-corrected chi connectivity index (χ1v) is 5.61. The predicted molar refractivity (Wildman–Crippen MR) is 61.1 cm³/mol. The van der Waals surface area contributed by atoms with E-state index in [1.54, 1.807) is 6.07 Å². The van der Waals surface area contributed by atoms with E-state index in [0.29, 0.717) is 12.1 Å². The Bertz CT molecular complexity index is 465. The van der Waals surface area contributed by atoms with Crippen LogP contribution in [0.15, 0.2) is 17.4 Å². The number of anilines is 1. The first kappa shape index (κ1) is 10.5. The Morgan fingerprint density at radius 1 is 1.65 bits per heavy atom. The number of aromatic nitrogens is 1. The molecule has 90 valence electrons. The Labute approximate surface area is 97.9 Å². The van der Waals surface area contributed by atoms with Crippen molar-refractivity contribution in [1.82, 2.24) is 10.3 Å². The van der Waals surface area contributed by atoms with Crippen LogP contribution in [0.2, 0.25) is 0 Å². The molecule has 2 N–H and O–H groups in total. The van der Waals surface area contributed by atoms with Crippen molar-refractivity contribution in [3.05, 3.63) is 23.8 Å². The normalized spacial score (nSPS) is 27.2. The molecule has 2 bridgehead atoms. The third kappa shape index (κ3) is 1.74. The Balaban J connectivity index is 1.91. The van der Waals surface area contributed by atoms with Crippen LogP contribution in [0.3, 0.4) is 0 Å². The van der Waals surface area contributed by atoms with E-state index in [1.165, 1.54) is 6.20 Å². The van der Waals surface area contributed by atoms with Crippen molar-refractivity contribution in [3.8, 4) is 0 Å². The van der Waals surface area contributed by atoms with E-state index in [2.05, 4.69) is 20.4 Å². The van der Waals surface area contributed by atoms with Crippen LogP contribution < -0.4 is 10.2 Å². The average molecular weight is 236 g/mol. The van der Waals surface area contributed by atoms with Gasteiger partial charge in [-0.25, -0.2) is 4.98 Å². The lowest BCUT2D eigenvalue weighted by Crippen LogP contribution is -2.43. The number of fused-ring (bicyclic) bond motifs is 2. The second kappa shape index (κ2) is 3.96. The van der Waals surface area contributed by atoms with Gasteiger partial charge in [-0.15, -0.1) is 0 Å². The summed E-state index contributed by atoms with van der Waals surface area (Å²) in [6, 6.07) is 2.66. The van der Waals surface area contributed by atoms with Gasteiger partial charge in [0.1, 0.15) is 0 Å². The summed E-state index contributed by atoms with van der Waals surface area (Å²) in [6.45, 7) is 1.89. The molecule has 0 saturated carbocycles. The van der Waals surface area contributed by atoms with Gasteiger partial charge in [-0.2, -0.15) is 4.39 Å². The minimum atomic E-state index is -0.617. The van der Waals surface area contributed by atoms with Crippen molar-refractivity contribution < 1.29 is 9.60 Å². The summed E-state index contributed by atoms with van der Waals surface area (Å²) >= 11 is 0. The third-order valence-corrected chi connectivity index (χ3v) is 3.44. The smallest absolute Gasteiger partial charge is 0.221 e. The molecule has 0 aromatic carbocycles. The molecule has 0 unspecified atom stereocenters. The van der Waals surface area contributed by atoms with Crippen LogP contribution >= 0.6 is 0 Å². The van der Waals surface area contributed by atoms with Crippen molar-refractivity contribution in [1.29, 1.82) is 0 Å². The fourth-order valence-electron chi connectivity index (χ4n) is 2.64. The van der Waals surface area contributed by atoms with Gasteiger partial charge in [0, 0.05) is 25.2 Å². The fourth-order valence-corrected chi connectivity index (χ4v) is 2.64. The Morgan fingerprint density at radius 3 is 3.18 bits per heavy atom. The monoisotopic (exact) mass is 236 g/mol. The van der Waals surface area contributed by atoms with Gasteiger partial charge in [0.05, 0.1) is 23.7 Å². The summed E-state index contributed by atoms with van der Waals surface area (Å²) in [6.07, 6.45) is 3.73. The molecule has 1 aromatic heterocycles. The maximum atomic E-state index is 13.3. The average Bonchev–Trinajstić information content (AvgIpc) is 2.94. The lowest BCUT2D eigenvalue weighted by molar-refractivity contribution is 0.321. The predicted octanol–water partition coefficient (Wildman–Crippen LogP) is 0.579. The van der Waals surface area contributed by atoms with Gasteiger partial charge >= 0.3 is 0 Å². The molecular formula is C11H13FN4O. The number of nitrogens with zero attached hydrogens (tertiary/aromatic N) is 3. The topological polar surface area (TPSA) is 60.8 Å². The standard InChI is InChI=1S/C11H13FN4O/c12-11-7(3-15-17)1-9(5-14-11)16-6-8-2-10(16)4-13-8/h1,3,5,8,10,13,17H,2,4,6H2/t8-,10-/m0/s1. The zero-order valence-corrected chi connectivity index (χ0v) is 9.17. The number of nitrogens with one attached hydrogen (secondary N) is 1. The summed E-state index contributed by atoms with van der Waals surface area (Å²) < 4.78 is 13.3. The number of hydrogen-bond donors (Lipinski definition) is 2. The third-order valence-electron chi connectivity index (χ3n) is 3.44. The Hall–Kier alpha value is -1.69. The molecule has 5 nitrogen and oxygen atoms in total. The first-order valence-electron chi connectivity index (χ1n) is 5.61. The van der Waals surface area contributed by atoms with Crippen molar-refractivity contribution in [2.75, 3.05) is 18.0 Å². The molecule has 17 heavy (non-hydrogen) atoms. The fraction of sp³-hybridized carbons (Fsp3) is 0.455. The summed E-state index contributed by atoms with van der Waals surface area (Å²) in [5.74, 6) is -0.617. The molecule has 0 spiro atoms. The molecule has 3 heterocycles. The SMILES string of the molecule is ON=Cc1cc(N2C[C@@H]3C[C@H]2CN3)cnc1F. The van der Waals surface area contributed by atoms with Crippen LogP contribution in [0.25, 0.3) is 0 Å². The summed E-state index contributed by atoms with van der Waals surface area (Å²) in [5, 5.41) is 14.7. The van der Waals surface area contributed by atoms with Crippen molar-refractivity contribution >= 4 is 11.9 Å². The van der Waals surface area contributed by atoms with Crippen LogP contribution in [-0.4, -0.2) is 41.6 Å². The molecule has 0 amide bonds. The van der Waals surface area contributed by atoms with E-state index >= 15 is 0 Å². The maximum Gasteiger partial charge on any atom is 0.221 e. The van der Waals surface area contributed by atoms with Gasteiger partial charge in [0.15, 0.2) is 0 Å². The van der Waals surface area contributed by atoms with Gasteiger partial charge in [0.25, 0.3) is 0 Å². The molecule has 6 heteroatoms. The molecular weight excluding hydrogens is 223 g/mol. The minimum absolute atomic E-state index is 0.209. The Kier molecular flexibility index (Phi) is 2.44. The largest absolute Gasteiger partial charge is 0.411 e. The number of hydrogen-bond acceptors (Lipinski definition) is 5. The highest BCUT2D eigenvalue weighted by molar-refractivity contribution is 5.80. The van der Waals surface area contributed by atoms with Gasteiger partial charge in [0.2, 0.25) is 5.95 Å². The molecule has 2 saturated heterocycles. The molecule has 1 aromatic rings. The number of oxime groups is 1. The van der Waals surface area contributed by atoms with Gasteiger partial charge in [-0.1, -0.05) is 5.16 Å². The van der Waals surface area contributed by atoms with Crippen molar-refractivity contribution in [2.45, 2.75) is 18.5 Å². The van der Waals surface area contributed by atoms with Crippen LogP contribution in [0.1, 0.15) is 12.0 Å². The minimum Gasteiger partial charge on any atom is -0.411 e. The molecule has 0 radical (unpaired) electrons. The molecule has 2 aliphatic rings. The van der Waals surface area contributed by atoms with Crippen molar-refractivity contribution in [2.24, 2.45) is 5.16 Å². The molecule has 3 rings (SSSR count). The summed E-state index contributed by atoms with van der Waals surface area (Å²) in [4.78, 5) is 5.92. The van der Waals surface area contributed by atoms with Gasteiger partial charge in [-0.3, -0.25) is 0 Å². The zero-order valence-electron chi connectivity index (χ0n) is 9.17. The molecule has 2 fully saturated rings. The van der Waals surface area contributed by atoms with E-state index in [1.807, 2.05) is 0 Å². The maximum absolute atomic E-state index is 13.3. The molecule has 2 atom stereocenters. The van der Waals surface area contributed by atoms with Crippen LogP contribution in [0, 0.1) is 5.95 Å². The van der Waals surface area contributed by atoms with Crippen LogP contribution in [0.4, 0.5) is 10.1 Å². The summed E-state index contributed by atoms with van der Waals surface area (Å²) in [5.41, 5.74) is 1.09. The van der Waals surface area contributed by atoms with E-state index in [0.717, 1.165) is 31.4 Å². The van der Waals surface area contributed by atoms with Crippen LogP contribution in [-0.2, 0) is 0 Å². The molecule has 0 aliphatic carbocycles. The quantitative estimate of drug-likeness (QED) is 0.341. The van der Waals surface area contributed by atoms with E-state index < -0.39 is 5.95 Å². The number of rotatable bonds is 2. The number of piperazine rings is 1. The van der Waals surface area contributed by atoms with Crippen molar-refractivity contribution in [3.63, 3.8) is 0 Å². The highest BCUT2D eigenvalue weighted by Gasteiger charge is 2.37. The molecule has 2 aliphatic heterocycles. The van der Waals surface area contributed by atoms with E-state index in [-0.39, 0.29) is 5.56 Å². The second-order valence-corrected chi connectivity index (χ2v) is 4.47. The van der Waals surface area contributed by atoms with Gasteiger partial charge < -0.3 is 15.4 Å². The highest BCUT2D eigenvalue weighted by atomic mass is 19.1. The van der Waals surface area contributed by atoms with E-state index in [4.69, 9.17) is 5.21 Å². The summed E-state index contributed by atoms with van der Waals surface area (Å²) in [7, 11) is 0. The Morgan fingerprint density at radius 2 is 2.53 bits per heavy atom. The first-order chi connectivity index (χ1) is 8.28.